The number of nitrogens with zero attached hydrogens (tertiary/aromatic N) is 1. The van der Waals surface area contributed by atoms with E-state index >= 15 is 0 Å². The van der Waals surface area contributed by atoms with Crippen molar-refractivity contribution in [2.75, 3.05) is 7.11 Å². The van der Waals surface area contributed by atoms with Crippen molar-refractivity contribution >= 4 is 17.8 Å². The van der Waals surface area contributed by atoms with Gasteiger partial charge in [-0.15, -0.1) is 0 Å². The summed E-state index contributed by atoms with van der Waals surface area (Å²) in [5.74, 6) is -1.97. The number of hydrogen-bond acceptors (Lipinski definition) is 4. The molecule has 0 bridgehead atoms. The molecule has 1 fully saturated rings. The van der Waals surface area contributed by atoms with E-state index in [1.54, 1.807) is 12.2 Å². The molecule has 2 aliphatic heterocycles. The second-order valence-corrected chi connectivity index (χ2v) is 4.17. The molecule has 96 valence electrons. The van der Waals surface area contributed by atoms with E-state index in [9.17, 15) is 14.4 Å². The number of β-lactam (4-membered cyclic amide) rings is 1. The fraction of sp³-hybridized carbons (Fsp3) is 0.417. The summed E-state index contributed by atoms with van der Waals surface area (Å²) >= 11 is 0. The predicted octanol–water partition coefficient (Wildman–Crippen LogP) is 0.305. The molecule has 2 rings (SSSR count). The minimum Gasteiger partial charge on any atom is -0.477 e. The molecule has 2 heterocycles. The van der Waals surface area contributed by atoms with Gasteiger partial charge in [-0.2, -0.15) is 0 Å². The van der Waals surface area contributed by atoms with Gasteiger partial charge in [-0.25, -0.2) is 9.59 Å². The van der Waals surface area contributed by atoms with Crippen molar-refractivity contribution < 1.29 is 24.2 Å². The van der Waals surface area contributed by atoms with Gasteiger partial charge in [0, 0.05) is 6.08 Å². The Kier molecular flexibility index (Phi) is 3.18. The van der Waals surface area contributed by atoms with Crippen molar-refractivity contribution in [2.45, 2.75) is 18.9 Å². The summed E-state index contributed by atoms with van der Waals surface area (Å²) in [4.78, 5) is 34.8. The van der Waals surface area contributed by atoms with Crippen LogP contribution >= 0.6 is 0 Å². The molecule has 0 aromatic carbocycles. The van der Waals surface area contributed by atoms with Gasteiger partial charge >= 0.3 is 11.9 Å². The van der Waals surface area contributed by atoms with Crippen LogP contribution < -0.4 is 0 Å². The summed E-state index contributed by atoms with van der Waals surface area (Å²) in [7, 11) is 1.28. The number of methoxy groups -OCH3 is 1. The lowest BCUT2D eigenvalue weighted by atomic mass is 9.85. The Morgan fingerprint density at radius 2 is 2.33 bits per heavy atom. The van der Waals surface area contributed by atoms with Crippen molar-refractivity contribution in [3.05, 3.63) is 23.9 Å². The number of rotatable bonds is 4. The molecule has 2 atom stereocenters. The average molecular weight is 251 g/mol. The smallest absolute Gasteiger partial charge is 0.352 e. The van der Waals surface area contributed by atoms with E-state index in [0.29, 0.717) is 12.8 Å². The summed E-state index contributed by atoms with van der Waals surface area (Å²) < 4.78 is 4.44. The summed E-state index contributed by atoms with van der Waals surface area (Å²) in [6.45, 7) is 0. The molecular formula is C12H13NO5. The van der Waals surface area contributed by atoms with E-state index in [1.165, 1.54) is 18.1 Å². The van der Waals surface area contributed by atoms with Gasteiger partial charge in [0.2, 0.25) is 5.91 Å². The first kappa shape index (κ1) is 12.3. The number of carbonyl (C=O) groups excluding carboxylic acids is 2. The highest BCUT2D eigenvalue weighted by Crippen LogP contribution is 2.40. The Labute approximate surface area is 104 Å². The molecule has 2 unspecified atom stereocenters. The Balaban J connectivity index is 1.93. The van der Waals surface area contributed by atoms with Crippen LogP contribution in [0.4, 0.5) is 0 Å². The molecule has 0 spiro atoms. The van der Waals surface area contributed by atoms with E-state index in [0.717, 1.165) is 0 Å². The molecule has 2 aliphatic rings. The monoisotopic (exact) mass is 251 g/mol. The molecule has 6 nitrogen and oxygen atoms in total. The first-order valence-corrected chi connectivity index (χ1v) is 5.57. The van der Waals surface area contributed by atoms with Crippen molar-refractivity contribution in [1.29, 1.82) is 0 Å². The molecule has 0 aromatic heterocycles. The van der Waals surface area contributed by atoms with Crippen molar-refractivity contribution in [1.82, 2.24) is 4.90 Å². The predicted molar refractivity (Wildman–Crippen MR) is 60.2 cm³/mol. The second kappa shape index (κ2) is 4.64. The van der Waals surface area contributed by atoms with Gasteiger partial charge in [0.1, 0.15) is 5.70 Å². The molecule has 0 aromatic rings. The number of carboxylic acids is 1. The van der Waals surface area contributed by atoms with Gasteiger partial charge in [0.15, 0.2) is 0 Å². The molecule has 0 aliphatic carbocycles. The fourth-order valence-electron chi connectivity index (χ4n) is 2.33. The maximum atomic E-state index is 11.8. The van der Waals surface area contributed by atoms with Crippen molar-refractivity contribution in [2.24, 2.45) is 5.92 Å². The minimum absolute atomic E-state index is 0.0678. The number of aliphatic carboxylic acids is 1. The van der Waals surface area contributed by atoms with Gasteiger partial charge in [-0.1, -0.05) is 12.2 Å². The number of carbonyl (C=O) groups is 3. The standard InChI is InChI=1S/C12H13NO5/c1-18-10(14)4-2-3-7-8-5-6-9(12(16)17)13(8)11(7)15/h2,4,6-8H,3,5H2,1H3,(H,16,17). The second-order valence-electron chi connectivity index (χ2n) is 4.17. The summed E-state index contributed by atoms with van der Waals surface area (Å²) in [5, 5.41) is 8.88. The van der Waals surface area contributed by atoms with E-state index in [2.05, 4.69) is 4.74 Å². The van der Waals surface area contributed by atoms with E-state index in [-0.39, 0.29) is 23.6 Å². The Morgan fingerprint density at radius 3 is 2.94 bits per heavy atom. The van der Waals surface area contributed by atoms with Crippen LogP contribution in [0.1, 0.15) is 12.8 Å². The maximum absolute atomic E-state index is 11.8. The number of amides is 1. The highest BCUT2D eigenvalue weighted by atomic mass is 16.5. The van der Waals surface area contributed by atoms with E-state index in [4.69, 9.17) is 5.11 Å². The lowest BCUT2D eigenvalue weighted by Gasteiger charge is -2.43. The third-order valence-electron chi connectivity index (χ3n) is 3.23. The minimum atomic E-state index is -1.07. The SMILES string of the molecule is COC(=O)C=CCC1C(=O)N2C(C(=O)O)=CCC12. The molecule has 1 N–H and O–H groups in total. The summed E-state index contributed by atoms with van der Waals surface area (Å²) in [5.41, 5.74) is 0.0678. The number of fused-ring (bicyclic) bond motifs is 1. The van der Waals surface area contributed by atoms with Crippen LogP contribution in [0.15, 0.2) is 23.9 Å². The third-order valence-corrected chi connectivity index (χ3v) is 3.23. The van der Waals surface area contributed by atoms with Crippen LogP contribution in [0, 0.1) is 5.92 Å². The molecule has 1 amide bonds. The molecule has 0 saturated carbocycles. The van der Waals surface area contributed by atoms with E-state index in [1.807, 2.05) is 0 Å². The van der Waals surface area contributed by atoms with Crippen LogP contribution in [0.2, 0.25) is 0 Å². The van der Waals surface area contributed by atoms with Gasteiger partial charge in [-0.05, 0) is 12.8 Å². The van der Waals surface area contributed by atoms with Gasteiger partial charge in [-0.3, -0.25) is 4.79 Å². The van der Waals surface area contributed by atoms with Gasteiger partial charge in [0.05, 0.1) is 19.1 Å². The fourth-order valence-corrected chi connectivity index (χ4v) is 2.33. The van der Waals surface area contributed by atoms with Gasteiger partial charge in [0.25, 0.3) is 0 Å². The Bertz CT molecular complexity index is 465. The maximum Gasteiger partial charge on any atom is 0.352 e. The average Bonchev–Trinajstić information content (AvgIpc) is 2.74. The zero-order valence-electron chi connectivity index (χ0n) is 9.83. The zero-order valence-corrected chi connectivity index (χ0v) is 9.83. The van der Waals surface area contributed by atoms with Crippen LogP contribution in [0.25, 0.3) is 0 Å². The first-order chi connectivity index (χ1) is 8.56. The van der Waals surface area contributed by atoms with Gasteiger partial charge < -0.3 is 14.7 Å². The first-order valence-electron chi connectivity index (χ1n) is 5.57. The molecule has 0 radical (unpaired) electrons. The highest BCUT2D eigenvalue weighted by Gasteiger charge is 2.51. The van der Waals surface area contributed by atoms with Crippen LogP contribution in [-0.4, -0.2) is 41.0 Å². The normalized spacial score (nSPS) is 25.7. The highest BCUT2D eigenvalue weighted by molar-refractivity contribution is 5.98. The summed E-state index contributed by atoms with van der Waals surface area (Å²) in [6.07, 6.45) is 5.41. The lowest BCUT2D eigenvalue weighted by molar-refractivity contribution is -0.154. The molecule has 6 heteroatoms. The number of carboxylic acid groups (broad SMARTS) is 1. The topological polar surface area (TPSA) is 83.9 Å². The largest absolute Gasteiger partial charge is 0.477 e. The third kappa shape index (κ3) is 1.90. The number of hydrogen-bond donors (Lipinski definition) is 1. The number of ether oxygens (including phenoxy) is 1. The quantitative estimate of drug-likeness (QED) is 0.441. The van der Waals surface area contributed by atoms with Crippen molar-refractivity contribution in [3.63, 3.8) is 0 Å². The van der Waals surface area contributed by atoms with E-state index < -0.39 is 11.9 Å². The number of allylic oxidation sites excluding steroid dienone is 1. The zero-order chi connectivity index (χ0) is 13.3. The van der Waals surface area contributed by atoms with Crippen LogP contribution in [-0.2, 0) is 19.1 Å². The Hall–Kier alpha value is -2.11. The van der Waals surface area contributed by atoms with Crippen molar-refractivity contribution in [3.8, 4) is 0 Å². The van der Waals surface area contributed by atoms with Crippen LogP contribution in [0.3, 0.4) is 0 Å². The Morgan fingerprint density at radius 1 is 1.61 bits per heavy atom. The summed E-state index contributed by atoms with van der Waals surface area (Å²) in [6, 6.07) is -0.0779. The molecule has 1 saturated heterocycles. The molecular weight excluding hydrogens is 238 g/mol. The lowest BCUT2D eigenvalue weighted by Crippen LogP contribution is -2.58. The van der Waals surface area contributed by atoms with Crippen LogP contribution in [0.5, 0.6) is 0 Å². The number of esters is 1. The molecule has 18 heavy (non-hydrogen) atoms.